The molecule has 8 heteroatoms. The standard InChI is InChI=1S/C13H16FN3O3S/c1-7-4-10(5-11(15)12(7)14)21(18,19)17-9(3)13-16-6-8(2)20-13/h4-6,9,17H,15H2,1-3H3. The maximum atomic E-state index is 13.5. The Morgan fingerprint density at radius 3 is 2.57 bits per heavy atom. The Hall–Kier alpha value is -1.93. The van der Waals surface area contributed by atoms with Gasteiger partial charge in [-0.2, -0.15) is 4.72 Å². The molecule has 0 saturated heterocycles. The van der Waals surface area contributed by atoms with Crippen LogP contribution < -0.4 is 10.5 Å². The van der Waals surface area contributed by atoms with E-state index in [4.69, 9.17) is 10.2 Å². The lowest BCUT2D eigenvalue weighted by molar-refractivity contribution is 0.428. The van der Waals surface area contributed by atoms with Crippen molar-refractivity contribution in [2.45, 2.75) is 31.7 Å². The number of anilines is 1. The van der Waals surface area contributed by atoms with Gasteiger partial charge in [-0.25, -0.2) is 17.8 Å². The number of nitrogens with one attached hydrogen (secondary N) is 1. The van der Waals surface area contributed by atoms with Gasteiger partial charge in [0, 0.05) is 0 Å². The lowest BCUT2D eigenvalue weighted by Crippen LogP contribution is -2.27. The molecule has 0 fully saturated rings. The Balaban J connectivity index is 2.30. The van der Waals surface area contributed by atoms with Crippen molar-refractivity contribution in [2.24, 2.45) is 0 Å². The fourth-order valence-corrected chi connectivity index (χ4v) is 3.16. The molecule has 1 atom stereocenters. The summed E-state index contributed by atoms with van der Waals surface area (Å²) < 4.78 is 45.7. The number of nitrogens with zero attached hydrogens (tertiary/aromatic N) is 1. The van der Waals surface area contributed by atoms with E-state index in [2.05, 4.69) is 9.71 Å². The largest absolute Gasteiger partial charge is 0.444 e. The molecule has 1 aromatic carbocycles. The summed E-state index contributed by atoms with van der Waals surface area (Å²) in [6, 6.07) is 1.65. The first-order chi connectivity index (χ1) is 9.70. The van der Waals surface area contributed by atoms with Gasteiger partial charge in [-0.1, -0.05) is 0 Å². The van der Waals surface area contributed by atoms with Crippen LogP contribution in [0.5, 0.6) is 0 Å². The second-order valence-electron chi connectivity index (χ2n) is 4.80. The number of benzene rings is 1. The molecule has 0 spiro atoms. The number of aryl methyl sites for hydroxylation is 2. The van der Waals surface area contributed by atoms with Gasteiger partial charge in [0.15, 0.2) is 0 Å². The maximum absolute atomic E-state index is 13.5. The second kappa shape index (κ2) is 5.45. The third kappa shape index (κ3) is 3.22. The van der Waals surface area contributed by atoms with Crippen molar-refractivity contribution in [2.75, 3.05) is 5.73 Å². The van der Waals surface area contributed by atoms with Crippen LogP contribution in [0.4, 0.5) is 10.1 Å². The molecule has 3 N–H and O–H groups in total. The predicted molar refractivity (Wildman–Crippen MR) is 75.5 cm³/mol. The average molecular weight is 313 g/mol. The number of halogens is 1. The number of rotatable bonds is 4. The first kappa shape index (κ1) is 15.5. The summed E-state index contributed by atoms with van der Waals surface area (Å²) in [7, 11) is -3.86. The number of nitrogen functional groups attached to an aromatic ring is 1. The summed E-state index contributed by atoms with van der Waals surface area (Å²) in [5.41, 5.74) is 5.41. The van der Waals surface area contributed by atoms with Crippen LogP contribution in [0, 0.1) is 19.7 Å². The van der Waals surface area contributed by atoms with E-state index in [9.17, 15) is 12.8 Å². The Kier molecular flexibility index (Phi) is 4.02. The molecule has 1 aromatic heterocycles. The average Bonchev–Trinajstić information content (AvgIpc) is 2.81. The summed E-state index contributed by atoms with van der Waals surface area (Å²) in [5.74, 6) is 0.214. The third-order valence-electron chi connectivity index (χ3n) is 2.91. The predicted octanol–water partition coefficient (Wildman–Crippen LogP) is 2.05. The van der Waals surface area contributed by atoms with Gasteiger partial charge >= 0.3 is 0 Å². The second-order valence-corrected chi connectivity index (χ2v) is 6.51. The van der Waals surface area contributed by atoms with Crippen LogP contribution in [-0.4, -0.2) is 13.4 Å². The minimum Gasteiger partial charge on any atom is -0.444 e. The van der Waals surface area contributed by atoms with Gasteiger partial charge in [0.2, 0.25) is 15.9 Å². The van der Waals surface area contributed by atoms with E-state index in [1.54, 1.807) is 13.8 Å². The van der Waals surface area contributed by atoms with Crippen molar-refractivity contribution < 1.29 is 17.2 Å². The van der Waals surface area contributed by atoms with Crippen molar-refractivity contribution in [1.82, 2.24) is 9.71 Å². The van der Waals surface area contributed by atoms with Crippen molar-refractivity contribution in [1.29, 1.82) is 0 Å². The quantitative estimate of drug-likeness (QED) is 0.842. The third-order valence-corrected chi connectivity index (χ3v) is 4.43. The molecule has 0 radical (unpaired) electrons. The topological polar surface area (TPSA) is 98.2 Å². The fraction of sp³-hybridized carbons (Fsp3) is 0.308. The summed E-state index contributed by atoms with van der Waals surface area (Å²) in [5, 5.41) is 0. The van der Waals surface area contributed by atoms with Gasteiger partial charge in [0.1, 0.15) is 11.6 Å². The van der Waals surface area contributed by atoms with Crippen molar-refractivity contribution in [3.8, 4) is 0 Å². The molecule has 0 saturated carbocycles. The van der Waals surface area contributed by atoms with Crippen molar-refractivity contribution in [3.05, 3.63) is 41.4 Å². The number of aromatic nitrogens is 1. The zero-order valence-corrected chi connectivity index (χ0v) is 12.7. The minimum absolute atomic E-state index is 0.103. The Morgan fingerprint density at radius 2 is 2.05 bits per heavy atom. The Labute approximate surface area is 122 Å². The van der Waals surface area contributed by atoms with Crippen LogP contribution in [-0.2, 0) is 10.0 Å². The smallest absolute Gasteiger partial charge is 0.241 e. The molecule has 0 aliphatic carbocycles. The Bertz CT molecular complexity index is 748. The van der Waals surface area contributed by atoms with E-state index < -0.39 is 21.9 Å². The van der Waals surface area contributed by atoms with Crippen LogP contribution in [0.15, 0.2) is 27.6 Å². The zero-order chi connectivity index (χ0) is 15.8. The first-order valence-electron chi connectivity index (χ1n) is 6.21. The van der Waals surface area contributed by atoms with Crippen molar-refractivity contribution >= 4 is 15.7 Å². The molecule has 114 valence electrons. The van der Waals surface area contributed by atoms with E-state index in [0.29, 0.717) is 5.76 Å². The maximum Gasteiger partial charge on any atom is 0.241 e. The molecular weight excluding hydrogens is 297 g/mol. The minimum atomic E-state index is -3.86. The van der Waals surface area contributed by atoms with Crippen LogP contribution in [0.25, 0.3) is 0 Å². The number of oxazole rings is 1. The first-order valence-corrected chi connectivity index (χ1v) is 7.69. The van der Waals surface area contributed by atoms with Gasteiger partial charge in [0.25, 0.3) is 0 Å². The SMILES string of the molecule is Cc1cnc(C(C)NS(=O)(=O)c2cc(C)c(F)c(N)c2)o1. The number of hydrogen-bond acceptors (Lipinski definition) is 5. The number of sulfonamides is 1. The van der Waals surface area contributed by atoms with Crippen LogP contribution in [0.3, 0.4) is 0 Å². The Morgan fingerprint density at radius 1 is 1.38 bits per heavy atom. The molecular formula is C13H16FN3O3S. The van der Waals surface area contributed by atoms with E-state index in [1.807, 2.05) is 0 Å². The van der Waals surface area contributed by atoms with Gasteiger partial charge < -0.3 is 10.2 Å². The normalized spacial score (nSPS) is 13.3. The molecule has 6 nitrogen and oxygen atoms in total. The summed E-state index contributed by atoms with van der Waals surface area (Å²) in [4.78, 5) is 3.86. The lowest BCUT2D eigenvalue weighted by atomic mass is 10.2. The molecule has 0 bridgehead atoms. The van der Waals surface area contributed by atoms with E-state index in [-0.39, 0.29) is 22.0 Å². The summed E-state index contributed by atoms with van der Waals surface area (Å²) >= 11 is 0. The highest BCUT2D eigenvalue weighted by Crippen LogP contribution is 2.22. The van der Waals surface area contributed by atoms with E-state index in [0.717, 1.165) is 6.07 Å². The zero-order valence-electron chi connectivity index (χ0n) is 11.8. The van der Waals surface area contributed by atoms with E-state index in [1.165, 1.54) is 19.2 Å². The molecule has 2 aromatic rings. The molecule has 1 heterocycles. The number of nitrogens with two attached hydrogens (primary N) is 1. The molecule has 1 unspecified atom stereocenters. The molecule has 21 heavy (non-hydrogen) atoms. The van der Waals surface area contributed by atoms with Gasteiger partial charge in [-0.15, -0.1) is 0 Å². The molecule has 0 aliphatic rings. The van der Waals surface area contributed by atoms with Crippen LogP contribution in [0.1, 0.15) is 30.2 Å². The lowest BCUT2D eigenvalue weighted by Gasteiger charge is -2.12. The van der Waals surface area contributed by atoms with Gasteiger partial charge in [-0.05, 0) is 38.5 Å². The molecule has 2 rings (SSSR count). The van der Waals surface area contributed by atoms with E-state index >= 15 is 0 Å². The molecule has 0 aliphatic heterocycles. The summed E-state index contributed by atoms with van der Waals surface area (Å²) in [6.07, 6.45) is 1.50. The molecule has 0 amide bonds. The highest BCUT2D eigenvalue weighted by molar-refractivity contribution is 7.89. The highest BCUT2D eigenvalue weighted by Gasteiger charge is 2.22. The monoisotopic (exact) mass is 313 g/mol. The summed E-state index contributed by atoms with van der Waals surface area (Å²) in [6.45, 7) is 4.76. The number of hydrogen-bond donors (Lipinski definition) is 2. The van der Waals surface area contributed by atoms with Crippen molar-refractivity contribution in [3.63, 3.8) is 0 Å². The van der Waals surface area contributed by atoms with Gasteiger partial charge in [-0.3, -0.25) is 0 Å². The van der Waals surface area contributed by atoms with Gasteiger partial charge in [0.05, 0.1) is 22.8 Å². The highest BCUT2D eigenvalue weighted by atomic mass is 32.2. The van der Waals surface area contributed by atoms with Crippen LogP contribution in [0.2, 0.25) is 0 Å². The van der Waals surface area contributed by atoms with Crippen LogP contribution >= 0.6 is 0 Å². The fourth-order valence-electron chi connectivity index (χ4n) is 1.84.